The Balaban J connectivity index is 2.50. The summed E-state index contributed by atoms with van der Waals surface area (Å²) in [4.78, 5) is 9.17. The lowest BCUT2D eigenvalue weighted by molar-refractivity contribution is 0.0716. The van der Waals surface area contributed by atoms with E-state index < -0.39 is 0 Å². The molecule has 1 N–H and O–H groups in total. The molecule has 0 aromatic carbocycles. The molecule has 1 aromatic rings. The summed E-state index contributed by atoms with van der Waals surface area (Å²) in [5.74, 6) is 1.50. The summed E-state index contributed by atoms with van der Waals surface area (Å²) in [6.07, 6.45) is 0.741. The van der Waals surface area contributed by atoms with E-state index in [2.05, 4.69) is 43.0 Å². The summed E-state index contributed by atoms with van der Waals surface area (Å²) in [7, 11) is 1.67. The molecule has 0 aliphatic rings. The van der Waals surface area contributed by atoms with Gasteiger partial charge in [-0.3, -0.25) is 0 Å². The predicted octanol–water partition coefficient (Wildman–Crippen LogP) is 2.04. The summed E-state index contributed by atoms with van der Waals surface area (Å²) in [5, 5.41) is 3.45. The molecule has 0 radical (unpaired) electrons. The van der Waals surface area contributed by atoms with Gasteiger partial charge in [-0.1, -0.05) is 13.8 Å². The maximum atomic E-state index is 5.46. The molecule has 0 aliphatic heterocycles. The van der Waals surface area contributed by atoms with Crippen LogP contribution in [-0.4, -0.2) is 43.4 Å². The topological polar surface area (TPSA) is 56.3 Å². The normalized spacial score (nSPS) is 11.3. The molecule has 0 unspecified atom stereocenters. The van der Waals surface area contributed by atoms with Gasteiger partial charge >= 0.3 is 0 Å². The van der Waals surface area contributed by atoms with Gasteiger partial charge in [-0.2, -0.15) is 0 Å². The molecule has 5 nitrogen and oxygen atoms in total. The molecule has 0 aliphatic carbocycles. The lowest BCUT2D eigenvalue weighted by atomic mass is 10.1. The quantitative estimate of drug-likeness (QED) is 0.670. The number of rotatable bonds is 10. The van der Waals surface area contributed by atoms with Crippen LogP contribution in [-0.2, 0) is 22.4 Å². The van der Waals surface area contributed by atoms with Crippen molar-refractivity contribution >= 4 is 0 Å². The molecule has 0 fully saturated rings. The number of aryl methyl sites for hydroxylation is 2. The van der Waals surface area contributed by atoms with Crippen LogP contribution in [0, 0.1) is 19.8 Å². The Morgan fingerprint density at radius 3 is 2.29 bits per heavy atom. The minimum absolute atomic E-state index is 0.617. The predicted molar refractivity (Wildman–Crippen MR) is 84.4 cm³/mol. The van der Waals surface area contributed by atoms with E-state index in [0.717, 1.165) is 36.7 Å². The second-order valence-corrected chi connectivity index (χ2v) is 5.67. The maximum Gasteiger partial charge on any atom is 0.131 e. The van der Waals surface area contributed by atoms with Gasteiger partial charge in [0, 0.05) is 37.0 Å². The van der Waals surface area contributed by atoms with Crippen molar-refractivity contribution in [2.45, 2.75) is 40.7 Å². The molecule has 0 amide bonds. The zero-order chi connectivity index (χ0) is 15.7. The molecule has 0 saturated heterocycles. The van der Waals surface area contributed by atoms with Crippen molar-refractivity contribution in [1.82, 2.24) is 15.3 Å². The standard InChI is InChI=1S/C16H29N3O2/c1-12(2)10-17-11-15-13(3)18-16(19-14(15)4)6-7-21-9-8-20-5/h12,17H,6-11H2,1-5H3. The van der Waals surface area contributed by atoms with E-state index in [1.54, 1.807) is 7.11 Å². The van der Waals surface area contributed by atoms with Gasteiger partial charge in [-0.15, -0.1) is 0 Å². The van der Waals surface area contributed by atoms with Crippen LogP contribution in [0.15, 0.2) is 0 Å². The number of hydrogen-bond acceptors (Lipinski definition) is 5. The van der Waals surface area contributed by atoms with Gasteiger partial charge < -0.3 is 14.8 Å². The lowest BCUT2D eigenvalue weighted by Crippen LogP contribution is -2.21. The maximum absolute atomic E-state index is 5.46. The second-order valence-electron chi connectivity index (χ2n) is 5.67. The van der Waals surface area contributed by atoms with Crippen LogP contribution in [0.25, 0.3) is 0 Å². The molecule has 5 heteroatoms. The average Bonchev–Trinajstić information content (AvgIpc) is 2.41. The summed E-state index contributed by atoms with van der Waals surface area (Å²) in [6, 6.07) is 0. The van der Waals surface area contributed by atoms with Crippen molar-refractivity contribution in [2.24, 2.45) is 5.92 Å². The largest absolute Gasteiger partial charge is 0.382 e. The number of nitrogens with one attached hydrogen (secondary N) is 1. The van der Waals surface area contributed by atoms with Crippen LogP contribution in [0.5, 0.6) is 0 Å². The Labute approximate surface area is 128 Å². The van der Waals surface area contributed by atoms with Gasteiger partial charge in [0.05, 0.1) is 19.8 Å². The van der Waals surface area contributed by atoms with Crippen LogP contribution in [0.2, 0.25) is 0 Å². The molecule has 0 atom stereocenters. The van der Waals surface area contributed by atoms with Crippen molar-refractivity contribution in [3.05, 3.63) is 22.8 Å². The number of ether oxygens (including phenoxy) is 2. The van der Waals surface area contributed by atoms with Crippen LogP contribution in [0.3, 0.4) is 0 Å². The molecule has 1 aromatic heterocycles. The average molecular weight is 295 g/mol. The fourth-order valence-electron chi connectivity index (χ4n) is 2.07. The van der Waals surface area contributed by atoms with Gasteiger partial charge in [-0.05, 0) is 26.3 Å². The number of nitrogens with zero attached hydrogens (tertiary/aromatic N) is 2. The van der Waals surface area contributed by atoms with Crippen LogP contribution < -0.4 is 5.32 Å². The smallest absolute Gasteiger partial charge is 0.131 e. The van der Waals surface area contributed by atoms with Crippen molar-refractivity contribution < 1.29 is 9.47 Å². The first-order valence-corrected chi connectivity index (χ1v) is 7.65. The molecule has 0 spiro atoms. The monoisotopic (exact) mass is 295 g/mol. The van der Waals surface area contributed by atoms with E-state index in [1.807, 2.05) is 0 Å². The van der Waals surface area contributed by atoms with E-state index in [1.165, 1.54) is 5.56 Å². The minimum atomic E-state index is 0.617. The third-order valence-electron chi connectivity index (χ3n) is 3.22. The summed E-state index contributed by atoms with van der Waals surface area (Å²) >= 11 is 0. The first-order valence-electron chi connectivity index (χ1n) is 7.65. The van der Waals surface area contributed by atoms with E-state index in [9.17, 15) is 0 Å². The van der Waals surface area contributed by atoms with Crippen LogP contribution >= 0.6 is 0 Å². The van der Waals surface area contributed by atoms with E-state index in [0.29, 0.717) is 25.7 Å². The van der Waals surface area contributed by atoms with Crippen molar-refractivity contribution in [3.63, 3.8) is 0 Å². The second kappa shape index (κ2) is 9.82. The van der Waals surface area contributed by atoms with Crippen LogP contribution in [0.1, 0.15) is 36.6 Å². The Hall–Kier alpha value is -1.04. The Bertz CT molecular complexity index is 399. The first-order chi connectivity index (χ1) is 10.0. The van der Waals surface area contributed by atoms with Crippen molar-refractivity contribution in [3.8, 4) is 0 Å². The Morgan fingerprint density at radius 1 is 1.05 bits per heavy atom. The molecule has 1 heterocycles. The molecular formula is C16H29N3O2. The molecule has 0 bridgehead atoms. The van der Waals surface area contributed by atoms with Gasteiger partial charge in [0.2, 0.25) is 0 Å². The van der Waals surface area contributed by atoms with E-state index in [-0.39, 0.29) is 0 Å². The molecule has 21 heavy (non-hydrogen) atoms. The highest BCUT2D eigenvalue weighted by atomic mass is 16.5. The third-order valence-corrected chi connectivity index (χ3v) is 3.22. The van der Waals surface area contributed by atoms with Gasteiger partial charge in [0.15, 0.2) is 0 Å². The highest BCUT2D eigenvalue weighted by Gasteiger charge is 2.08. The Kier molecular flexibility index (Phi) is 8.42. The zero-order valence-electron chi connectivity index (χ0n) is 14.0. The zero-order valence-corrected chi connectivity index (χ0v) is 14.0. The van der Waals surface area contributed by atoms with Gasteiger partial charge in [0.25, 0.3) is 0 Å². The molecule has 0 saturated carbocycles. The third kappa shape index (κ3) is 6.98. The summed E-state index contributed by atoms with van der Waals surface area (Å²) < 4.78 is 10.4. The number of methoxy groups -OCH3 is 1. The molecule has 120 valence electrons. The fourth-order valence-corrected chi connectivity index (χ4v) is 2.07. The van der Waals surface area contributed by atoms with E-state index >= 15 is 0 Å². The number of aromatic nitrogens is 2. The summed E-state index contributed by atoms with van der Waals surface area (Å²) in [6.45, 7) is 12.2. The number of hydrogen-bond donors (Lipinski definition) is 1. The van der Waals surface area contributed by atoms with Gasteiger partial charge in [0.1, 0.15) is 5.82 Å². The molecular weight excluding hydrogens is 266 g/mol. The van der Waals surface area contributed by atoms with Crippen molar-refractivity contribution in [1.29, 1.82) is 0 Å². The highest BCUT2D eigenvalue weighted by molar-refractivity contribution is 5.24. The van der Waals surface area contributed by atoms with Gasteiger partial charge in [-0.25, -0.2) is 9.97 Å². The summed E-state index contributed by atoms with van der Waals surface area (Å²) in [5.41, 5.74) is 3.33. The SMILES string of the molecule is COCCOCCc1nc(C)c(CNCC(C)C)c(C)n1. The fraction of sp³-hybridized carbons (Fsp3) is 0.750. The minimum Gasteiger partial charge on any atom is -0.382 e. The van der Waals surface area contributed by atoms with E-state index in [4.69, 9.17) is 9.47 Å². The van der Waals surface area contributed by atoms with Crippen molar-refractivity contribution in [2.75, 3.05) is 33.5 Å². The lowest BCUT2D eigenvalue weighted by Gasteiger charge is -2.13. The molecule has 1 rings (SSSR count). The highest BCUT2D eigenvalue weighted by Crippen LogP contribution is 2.10. The Morgan fingerprint density at radius 2 is 1.71 bits per heavy atom. The first kappa shape index (κ1) is 18.0. The van der Waals surface area contributed by atoms with Crippen LogP contribution in [0.4, 0.5) is 0 Å².